The summed E-state index contributed by atoms with van der Waals surface area (Å²) in [4.78, 5) is 16.5. The third-order valence-corrected chi connectivity index (χ3v) is 5.70. The quantitative estimate of drug-likeness (QED) is 0.885. The summed E-state index contributed by atoms with van der Waals surface area (Å²) in [5.41, 5.74) is 0.722. The molecule has 0 spiro atoms. The van der Waals surface area contributed by atoms with Gasteiger partial charge in [-0.25, -0.2) is 12.8 Å². The van der Waals surface area contributed by atoms with Crippen LogP contribution in [0, 0.1) is 5.82 Å². The molecule has 0 bridgehead atoms. The highest BCUT2D eigenvalue weighted by molar-refractivity contribution is 7.92. The van der Waals surface area contributed by atoms with E-state index in [1.165, 1.54) is 48.5 Å². The lowest BCUT2D eigenvalue weighted by Gasteiger charge is -2.32. The summed E-state index contributed by atoms with van der Waals surface area (Å²) >= 11 is 0. The minimum atomic E-state index is -3.80. The van der Waals surface area contributed by atoms with Crippen molar-refractivity contribution in [3.63, 3.8) is 0 Å². The Kier molecular flexibility index (Phi) is 5.24. The molecule has 26 heavy (non-hydrogen) atoms. The highest BCUT2D eigenvalue weighted by Gasteiger charge is 2.21. The molecule has 0 saturated carbocycles. The van der Waals surface area contributed by atoms with Crippen molar-refractivity contribution >= 4 is 21.6 Å². The summed E-state index contributed by atoms with van der Waals surface area (Å²) in [5, 5.41) is 0. The molecule has 138 valence electrons. The molecule has 1 amide bonds. The van der Waals surface area contributed by atoms with Crippen molar-refractivity contribution in [2.24, 2.45) is 0 Å². The van der Waals surface area contributed by atoms with Gasteiger partial charge in [0.25, 0.3) is 15.9 Å². The second kappa shape index (κ2) is 7.43. The first-order valence-corrected chi connectivity index (χ1v) is 9.70. The fourth-order valence-electron chi connectivity index (χ4n) is 2.70. The van der Waals surface area contributed by atoms with Crippen molar-refractivity contribution in [2.45, 2.75) is 4.90 Å². The molecule has 2 aromatic carbocycles. The van der Waals surface area contributed by atoms with Gasteiger partial charge in [-0.05, 0) is 55.6 Å². The van der Waals surface area contributed by atoms with Gasteiger partial charge in [-0.3, -0.25) is 9.52 Å². The number of amides is 1. The normalized spacial score (nSPS) is 15.7. The van der Waals surface area contributed by atoms with Gasteiger partial charge in [0.15, 0.2) is 0 Å². The van der Waals surface area contributed by atoms with E-state index in [0.717, 1.165) is 13.1 Å². The first kappa shape index (κ1) is 18.3. The molecular weight excluding hydrogens is 357 g/mol. The number of benzene rings is 2. The van der Waals surface area contributed by atoms with E-state index in [4.69, 9.17) is 0 Å². The molecular formula is C18H20FN3O3S. The SMILES string of the molecule is CN1CCN(C(=O)c2ccc(S(=O)(=O)Nc3ccc(F)cc3)cc2)CC1. The Balaban J connectivity index is 1.72. The first-order chi connectivity index (χ1) is 12.3. The van der Waals surface area contributed by atoms with E-state index >= 15 is 0 Å². The minimum Gasteiger partial charge on any atom is -0.336 e. The number of sulfonamides is 1. The fourth-order valence-corrected chi connectivity index (χ4v) is 3.76. The summed E-state index contributed by atoms with van der Waals surface area (Å²) in [6, 6.07) is 10.9. The zero-order valence-electron chi connectivity index (χ0n) is 14.4. The van der Waals surface area contributed by atoms with E-state index in [0.29, 0.717) is 18.7 Å². The Labute approximate surface area is 152 Å². The Morgan fingerprint density at radius 1 is 0.962 bits per heavy atom. The van der Waals surface area contributed by atoms with Crippen molar-refractivity contribution < 1.29 is 17.6 Å². The number of nitrogens with one attached hydrogen (secondary N) is 1. The Bertz CT molecular complexity index is 875. The predicted octanol–water partition coefficient (Wildman–Crippen LogP) is 2.01. The predicted molar refractivity (Wildman–Crippen MR) is 97.1 cm³/mol. The van der Waals surface area contributed by atoms with E-state index in [9.17, 15) is 17.6 Å². The lowest BCUT2D eigenvalue weighted by atomic mass is 10.2. The molecule has 1 saturated heterocycles. The van der Waals surface area contributed by atoms with Crippen molar-refractivity contribution in [1.82, 2.24) is 9.80 Å². The van der Waals surface area contributed by atoms with Gasteiger partial charge < -0.3 is 9.80 Å². The van der Waals surface area contributed by atoms with E-state index in [-0.39, 0.29) is 16.5 Å². The van der Waals surface area contributed by atoms with E-state index < -0.39 is 15.8 Å². The maximum atomic E-state index is 12.9. The van der Waals surface area contributed by atoms with Gasteiger partial charge >= 0.3 is 0 Å². The average Bonchev–Trinajstić information content (AvgIpc) is 2.64. The Morgan fingerprint density at radius 3 is 2.12 bits per heavy atom. The first-order valence-electron chi connectivity index (χ1n) is 8.21. The second-order valence-corrected chi connectivity index (χ2v) is 7.91. The van der Waals surface area contributed by atoms with Crippen LogP contribution in [0.4, 0.5) is 10.1 Å². The number of rotatable bonds is 4. The molecule has 1 aliphatic heterocycles. The van der Waals surface area contributed by atoms with Crippen molar-refractivity contribution in [1.29, 1.82) is 0 Å². The summed E-state index contributed by atoms with van der Waals surface area (Å²) in [5.74, 6) is -0.548. The minimum absolute atomic E-state index is 0.0387. The molecule has 6 nitrogen and oxygen atoms in total. The number of likely N-dealkylation sites (N-methyl/N-ethyl adjacent to an activating group) is 1. The molecule has 1 N–H and O–H groups in total. The average molecular weight is 377 g/mol. The van der Waals surface area contributed by atoms with E-state index in [2.05, 4.69) is 9.62 Å². The number of anilines is 1. The zero-order valence-corrected chi connectivity index (χ0v) is 15.2. The van der Waals surface area contributed by atoms with Crippen molar-refractivity contribution in [3.05, 3.63) is 59.9 Å². The number of carbonyl (C=O) groups excluding carboxylic acids is 1. The van der Waals surface area contributed by atoms with Crippen LogP contribution in [0.2, 0.25) is 0 Å². The lowest BCUT2D eigenvalue weighted by Crippen LogP contribution is -2.47. The molecule has 3 rings (SSSR count). The van der Waals surface area contributed by atoms with Gasteiger partial charge in [0.1, 0.15) is 5.82 Å². The second-order valence-electron chi connectivity index (χ2n) is 6.23. The number of carbonyl (C=O) groups is 1. The highest BCUT2D eigenvalue weighted by Crippen LogP contribution is 2.18. The van der Waals surface area contributed by atoms with Gasteiger partial charge in [-0.15, -0.1) is 0 Å². The number of hydrogen-bond donors (Lipinski definition) is 1. The zero-order chi connectivity index (χ0) is 18.7. The monoisotopic (exact) mass is 377 g/mol. The van der Waals surface area contributed by atoms with Crippen molar-refractivity contribution in [3.8, 4) is 0 Å². The molecule has 0 radical (unpaired) electrons. The lowest BCUT2D eigenvalue weighted by molar-refractivity contribution is 0.0664. The van der Waals surface area contributed by atoms with Crippen LogP contribution in [0.1, 0.15) is 10.4 Å². The molecule has 2 aromatic rings. The van der Waals surface area contributed by atoms with Crippen LogP contribution >= 0.6 is 0 Å². The maximum Gasteiger partial charge on any atom is 0.261 e. The summed E-state index contributed by atoms with van der Waals surface area (Å²) < 4.78 is 40.1. The van der Waals surface area contributed by atoms with Crippen molar-refractivity contribution in [2.75, 3.05) is 37.9 Å². The fraction of sp³-hybridized carbons (Fsp3) is 0.278. The standard InChI is InChI=1S/C18H20FN3O3S/c1-21-10-12-22(13-11-21)18(23)14-2-8-17(9-3-14)26(24,25)20-16-6-4-15(19)5-7-16/h2-9,20H,10-13H2,1H3. The van der Waals surface area contributed by atoms with E-state index in [1.807, 2.05) is 7.05 Å². The third-order valence-electron chi connectivity index (χ3n) is 4.30. The van der Waals surface area contributed by atoms with Gasteiger partial charge in [-0.1, -0.05) is 0 Å². The molecule has 1 fully saturated rings. The molecule has 0 atom stereocenters. The number of piperazine rings is 1. The molecule has 1 aliphatic rings. The number of hydrogen-bond acceptors (Lipinski definition) is 4. The highest BCUT2D eigenvalue weighted by atomic mass is 32.2. The molecule has 1 heterocycles. The summed E-state index contributed by atoms with van der Waals surface area (Å²) in [7, 11) is -1.80. The summed E-state index contributed by atoms with van der Waals surface area (Å²) in [6.45, 7) is 2.95. The largest absolute Gasteiger partial charge is 0.336 e. The molecule has 0 aromatic heterocycles. The van der Waals surface area contributed by atoms with Crippen LogP contribution in [0.15, 0.2) is 53.4 Å². The van der Waals surface area contributed by atoms with Crippen LogP contribution < -0.4 is 4.72 Å². The van der Waals surface area contributed by atoms with Crippen LogP contribution in [0.5, 0.6) is 0 Å². The Hall–Kier alpha value is -2.45. The number of nitrogens with zero attached hydrogens (tertiary/aromatic N) is 2. The Morgan fingerprint density at radius 2 is 1.54 bits per heavy atom. The summed E-state index contributed by atoms with van der Waals surface area (Å²) in [6.07, 6.45) is 0. The molecule has 0 unspecified atom stereocenters. The molecule has 0 aliphatic carbocycles. The van der Waals surface area contributed by atoms with Gasteiger partial charge in [-0.2, -0.15) is 0 Å². The van der Waals surface area contributed by atoms with Gasteiger partial charge in [0.05, 0.1) is 4.90 Å². The topological polar surface area (TPSA) is 69.7 Å². The number of halogens is 1. The van der Waals surface area contributed by atoms with Crippen LogP contribution in [0.25, 0.3) is 0 Å². The smallest absolute Gasteiger partial charge is 0.261 e. The van der Waals surface area contributed by atoms with Crippen LogP contribution in [-0.4, -0.2) is 57.4 Å². The molecule has 8 heteroatoms. The third kappa shape index (κ3) is 4.20. The van der Waals surface area contributed by atoms with Gasteiger partial charge in [0, 0.05) is 37.4 Å². The maximum absolute atomic E-state index is 12.9. The van der Waals surface area contributed by atoms with Crippen LogP contribution in [-0.2, 0) is 10.0 Å². The van der Waals surface area contributed by atoms with Gasteiger partial charge in [0.2, 0.25) is 0 Å². The van der Waals surface area contributed by atoms with Crippen LogP contribution in [0.3, 0.4) is 0 Å². The van der Waals surface area contributed by atoms with E-state index in [1.54, 1.807) is 4.90 Å².